The molecule has 0 radical (unpaired) electrons. The van der Waals surface area contributed by atoms with Crippen molar-refractivity contribution in [3.8, 4) is 0 Å². The predicted molar refractivity (Wildman–Crippen MR) is 113 cm³/mol. The highest BCUT2D eigenvalue weighted by Gasteiger charge is 2.24. The zero-order chi connectivity index (χ0) is 21.1. The van der Waals surface area contributed by atoms with Crippen LogP contribution >= 0.6 is 0 Å². The number of aryl methyl sites for hydroxylation is 2. The third-order valence-electron chi connectivity index (χ3n) is 5.87. The summed E-state index contributed by atoms with van der Waals surface area (Å²) >= 11 is 0. The van der Waals surface area contributed by atoms with E-state index in [2.05, 4.69) is 9.62 Å². The van der Waals surface area contributed by atoms with Crippen LogP contribution in [0.3, 0.4) is 0 Å². The molecule has 0 unspecified atom stereocenters. The molecule has 0 aromatic heterocycles. The average Bonchev–Trinajstić information content (AvgIpc) is 2.78. The Bertz CT molecular complexity index is 1020. The summed E-state index contributed by atoms with van der Waals surface area (Å²) in [7, 11) is -3.73. The van der Waals surface area contributed by atoms with Crippen LogP contribution in [0.5, 0.6) is 0 Å². The first kappa shape index (κ1) is 20.8. The Balaban J connectivity index is 1.32. The van der Waals surface area contributed by atoms with Gasteiger partial charge in [0.1, 0.15) is 5.82 Å². The summed E-state index contributed by atoms with van der Waals surface area (Å²) in [5.74, 6) is -0.519. The molecule has 8 heteroatoms. The number of anilines is 1. The Kier molecular flexibility index (Phi) is 6.06. The van der Waals surface area contributed by atoms with Gasteiger partial charge < -0.3 is 9.80 Å². The molecule has 1 fully saturated rings. The molecule has 0 spiro atoms. The topological polar surface area (TPSA) is 69.7 Å². The number of rotatable bonds is 5. The van der Waals surface area contributed by atoms with Gasteiger partial charge in [-0.05, 0) is 73.2 Å². The maximum absolute atomic E-state index is 13.1. The number of hydrogen-bond donors (Lipinski definition) is 1. The number of nitrogens with one attached hydrogen (secondary N) is 1. The van der Waals surface area contributed by atoms with E-state index >= 15 is 0 Å². The molecular formula is C22H26FN3O3S. The molecule has 1 N–H and O–H groups in total. The van der Waals surface area contributed by atoms with Gasteiger partial charge in [-0.2, -0.15) is 0 Å². The van der Waals surface area contributed by atoms with E-state index in [4.69, 9.17) is 0 Å². The van der Waals surface area contributed by atoms with Crippen LogP contribution < -0.4 is 9.62 Å². The summed E-state index contributed by atoms with van der Waals surface area (Å²) in [6.45, 7) is 1.98. The molecule has 2 aromatic carbocycles. The number of amides is 1. The SMILES string of the molecule is O=C(CNS(=O)(=O)c1ccc2c(c1)CCCC2)N1CCN(c2ccc(F)cc2)CC1. The summed E-state index contributed by atoms with van der Waals surface area (Å²) < 4.78 is 40.8. The molecule has 30 heavy (non-hydrogen) atoms. The molecule has 1 aliphatic heterocycles. The lowest BCUT2D eigenvalue weighted by Gasteiger charge is -2.36. The number of sulfonamides is 1. The average molecular weight is 432 g/mol. The van der Waals surface area contributed by atoms with Crippen molar-refractivity contribution >= 4 is 21.6 Å². The molecule has 1 saturated heterocycles. The molecule has 2 aliphatic rings. The number of hydrogen-bond acceptors (Lipinski definition) is 4. The van der Waals surface area contributed by atoms with Crippen molar-refractivity contribution in [1.29, 1.82) is 0 Å². The quantitative estimate of drug-likeness (QED) is 0.789. The van der Waals surface area contributed by atoms with Crippen LogP contribution in [-0.4, -0.2) is 51.9 Å². The number of fused-ring (bicyclic) bond motifs is 1. The highest BCUT2D eigenvalue weighted by atomic mass is 32.2. The molecule has 2 aromatic rings. The van der Waals surface area contributed by atoms with Gasteiger partial charge in [0.2, 0.25) is 15.9 Å². The van der Waals surface area contributed by atoms with Gasteiger partial charge in [0, 0.05) is 31.9 Å². The third kappa shape index (κ3) is 4.65. The van der Waals surface area contributed by atoms with Crippen molar-refractivity contribution in [3.05, 3.63) is 59.4 Å². The van der Waals surface area contributed by atoms with Gasteiger partial charge in [0.15, 0.2) is 0 Å². The van der Waals surface area contributed by atoms with Crippen molar-refractivity contribution in [2.24, 2.45) is 0 Å². The summed E-state index contributed by atoms with van der Waals surface area (Å²) in [5, 5.41) is 0. The zero-order valence-corrected chi connectivity index (χ0v) is 17.6. The Morgan fingerprint density at radius 2 is 1.60 bits per heavy atom. The molecule has 160 valence electrons. The second-order valence-corrected chi connectivity index (χ2v) is 9.57. The largest absolute Gasteiger partial charge is 0.368 e. The van der Waals surface area contributed by atoms with Crippen molar-refractivity contribution in [2.75, 3.05) is 37.6 Å². The predicted octanol–water partition coefficient (Wildman–Crippen LogP) is 2.33. The number of halogens is 1. The van der Waals surface area contributed by atoms with Gasteiger partial charge in [-0.25, -0.2) is 17.5 Å². The highest BCUT2D eigenvalue weighted by Crippen LogP contribution is 2.24. The van der Waals surface area contributed by atoms with Crippen LogP contribution in [0, 0.1) is 5.82 Å². The minimum Gasteiger partial charge on any atom is -0.368 e. The van der Waals surface area contributed by atoms with E-state index in [1.54, 1.807) is 29.2 Å². The van der Waals surface area contributed by atoms with E-state index in [1.807, 2.05) is 6.07 Å². The minimum absolute atomic E-state index is 0.220. The number of carbonyl (C=O) groups excluding carboxylic acids is 1. The normalized spacial score (nSPS) is 17.0. The smallest absolute Gasteiger partial charge is 0.241 e. The summed E-state index contributed by atoms with van der Waals surface area (Å²) in [4.78, 5) is 16.5. The van der Waals surface area contributed by atoms with Gasteiger partial charge in [-0.15, -0.1) is 0 Å². The number of carbonyl (C=O) groups is 1. The monoisotopic (exact) mass is 431 g/mol. The Morgan fingerprint density at radius 3 is 2.30 bits per heavy atom. The molecule has 1 heterocycles. The van der Waals surface area contributed by atoms with Gasteiger partial charge in [-0.3, -0.25) is 4.79 Å². The van der Waals surface area contributed by atoms with Crippen molar-refractivity contribution < 1.29 is 17.6 Å². The third-order valence-corrected chi connectivity index (χ3v) is 7.27. The summed E-state index contributed by atoms with van der Waals surface area (Å²) in [5.41, 5.74) is 3.22. The molecule has 0 atom stereocenters. The van der Waals surface area contributed by atoms with Crippen LogP contribution in [0.15, 0.2) is 47.4 Å². The molecular weight excluding hydrogens is 405 g/mol. The van der Waals surface area contributed by atoms with E-state index in [9.17, 15) is 17.6 Å². The van der Waals surface area contributed by atoms with Crippen LogP contribution in [0.4, 0.5) is 10.1 Å². The van der Waals surface area contributed by atoms with E-state index in [1.165, 1.54) is 17.7 Å². The fourth-order valence-corrected chi connectivity index (χ4v) is 5.12. The molecule has 6 nitrogen and oxygen atoms in total. The van der Waals surface area contributed by atoms with Gasteiger partial charge in [-0.1, -0.05) is 6.07 Å². The van der Waals surface area contributed by atoms with E-state index in [-0.39, 0.29) is 23.2 Å². The van der Waals surface area contributed by atoms with E-state index in [0.29, 0.717) is 26.2 Å². The first-order valence-electron chi connectivity index (χ1n) is 10.3. The number of benzene rings is 2. The molecule has 4 rings (SSSR count). The maximum Gasteiger partial charge on any atom is 0.241 e. The standard InChI is InChI=1S/C22H26FN3O3S/c23-19-6-8-20(9-7-19)25-11-13-26(14-12-25)22(27)16-24-30(28,29)21-10-5-17-3-1-2-4-18(17)15-21/h5-10,15,24H,1-4,11-14,16H2. The molecule has 0 saturated carbocycles. The Hall–Kier alpha value is -2.45. The molecule has 1 aliphatic carbocycles. The van der Waals surface area contributed by atoms with Crippen LogP contribution in [0.1, 0.15) is 24.0 Å². The molecule has 1 amide bonds. The fraction of sp³-hybridized carbons (Fsp3) is 0.409. The second-order valence-electron chi connectivity index (χ2n) is 7.81. The van der Waals surface area contributed by atoms with Crippen LogP contribution in [0.2, 0.25) is 0 Å². The van der Waals surface area contributed by atoms with E-state index in [0.717, 1.165) is 36.9 Å². The summed E-state index contributed by atoms with van der Waals surface area (Å²) in [6, 6.07) is 11.5. The number of piperazine rings is 1. The van der Waals surface area contributed by atoms with E-state index < -0.39 is 10.0 Å². The van der Waals surface area contributed by atoms with Crippen molar-refractivity contribution in [1.82, 2.24) is 9.62 Å². The van der Waals surface area contributed by atoms with Crippen LogP contribution in [-0.2, 0) is 27.7 Å². The maximum atomic E-state index is 13.1. The zero-order valence-electron chi connectivity index (χ0n) is 16.8. The Labute approximate surface area is 176 Å². The van der Waals surface area contributed by atoms with Gasteiger partial charge >= 0.3 is 0 Å². The lowest BCUT2D eigenvalue weighted by molar-refractivity contribution is -0.130. The first-order chi connectivity index (χ1) is 14.4. The van der Waals surface area contributed by atoms with Crippen molar-refractivity contribution in [2.45, 2.75) is 30.6 Å². The lowest BCUT2D eigenvalue weighted by Crippen LogP contribution is -2.51. The van der Waals surface area contributed by atoms with Gasteiger partial charge in [0.25, 0.3) is 0 Å². The molecule has 0 bridgehead atoms. The highest BCUT2D eigenvalue weighted by molar-refractivity contribution is 7.89. The first-order valence-corrected chi connectivity index (χ1v) is 11.8. The van der Waals surface area contributed by atoms with Crippen LogP contribution in [0.25, 0.3) is 0 Å². The van der Waals surface area contributed by atoms with Crippen molar-refractivity contribution in [3.63, 3.8) is 0 Å². The lowest BCUT2D eigenvalue weighted by atomic mass is 9.92. The second kappa shape index (κ2) is 8.73. The van der Waals surface area contributed by atoms with Gasteiger partial charge in [0.05, 0.1) is 11.4 Å². The summed E-state index contributed by atoms with van der Waals surface area (Å²) in [6.07, 6.45) is 4.11. The fourth-order valence-electron chi connectivity index (χ4n) is 4.09. The minimum atomic E-state index is -3.73. The Morgan fingerprint density at radius 1 is 0.933 bits per heavy atom. The number of nitrogens with zero attached hydrogens (tertiary/aromatic N) is 2.